The van der Waals surface area contributed by atoms with Crippen molar-refractivity contribution in [1.29, 1.82) is 0 Å². The molecule has 1 aromatic carbocycles. The fourth-order valence-corrected chi connectivity index (χ4v) is 2.75. The first kappa shape index (κ1) is 14.6. The van der Waals surface area contributed by atoms with Crippen molar-refractivity contribution in [2.75, 3.05) is 19.6 Å². The molecule has 0 saturated heterocycles. The van der Waals surface area contributed by atoms with Crippen molar-refractivity contribution in [1.82, 2.24) is 9.55 Å². The molecule has 0 aliphatic heterocycles. The van der Waals surface area contributed by atoms with Gasteiger partial charge in [-0.1, -0.05) is 24.6 Å². The molecular formula is C14H18Cl2N2O. The fraction of sp³-hybridized carbons (Fsp3) is 0.500. The Labute approximate surface area is 123 Å². The van der Waals surface area contributed by atoms with Crippen LogP contribution in [0.25, 0.3) is 11.0 Å². The minimum absolute atomic E-state index is 0.396. The van der Waals surface area contributed by atoms with Crippen LogP contribution < -0.4 is 0 Å². The largest absolute Gasteiger partial charge is 0.384 e. The number of hydrogen-bond donors (Lipinski definition) is 0. The molecule has 1 heterocycles. The molecule has 2 rings (SSSR count). The number of imidazole rings is 1. The molecule has 0 aliphatic carbocycles. The zero-order chi connectivity index (χ0) is 13.8. The first-order valence-corrected chi connectivity index (χ1v) is 7.27. The number of para-hydroxylation sites is 1. The Hall–Kier alpha value is -0.770. The number of fused-ring (bicyclic) bond motifs is 1. The van der Waals surface area contributed by atoms with Crippen molar-refractivity contribution in [3.8, 4) is 0 Å². The van der Waals surface area contributed by atoms with Gasteiger partial charge in [0.15, 0.2) is 0 Å². The molecule has 0 aliphatic rings. The summed E-state index contributed by atoms with van der Waals surface area (Å²) in [4.78, 5) is 4.63. The van der Waals surface area contributed by atoms with E-state index in [0.717, 1.165) is 34.8 Å². The first-order chi connectivity index (χ1) is 9.17. The second-order valence-electron chi connectivity index (χ2n) is 4.75. The second kappa shape index (κ2) is 6.60. The van der Waals surface area contributed by atoms with Crippen LogP contribution in [0.2, 0.25) is 5.02 Å². The van der Waals surface area contributed by atoms with Crippen molar-refractivity contribution in [2.24, 2.45) is 5.92 Å². The lowest BCUT2D eigenvalue weighted by Crippen LogP contribution is -2.15. The highest BCUT2D eigenvalue weighted by Gasteiger charge is 2.15. The van der Waals surface area contributed by atoms with Gasteiger partial charge in [-0.15, -0.1) is 11.6 Å². The molecule has 5 heteroatoms. The summed E-state index contributed by atoms with van der Waals surface area (Å²) in [5.41, 5.74) is 1.92. The van der Waals surface area contributed by atoms with E-state index in [-0.39, 0.29) is 0 Å². The summed E-state index contributed by atoms with van der Waals surface area (Å²) in [6, 6.07) is 5.80. The van der Waals surface area contributed by atoms with Crippen LogP contribution in [0.3, 0.4) is 0 Å². The number of methoxy groups -OCH3 is 1. The minimum atomic E-state index is 0.396. The highest BCUT2D eigenvalue weighted by molar-refractivity contribution is 6.35. The summed E-state index contributed by atoms with van der Waals surface area (Å²) in [6.45, 7) is 3.70. The zero-order valence-corrected chi connectivity index (χ0v) is 12.7. The van der Waals surface area contributed by atoms with Crippen LogP contribution in [0.4, 0.5) is 0 Å². The van der Waals surface area contributed by atoms with Gasteiger partial charge in [-0.25, -0.2) is 4.98 Å². The summed E-state index contributed by atoms with van der Waals surface area (Å²) in [7, 11) is 1.72. The van der Waals surface area contributed by atoms with Crippen LogP contribution in [-0.2, 0) is 17.7 Å². The van der Waals surface area contributed by atoms with Gasteiger partial charge in [0.2, 0.25) is 0 Å². The fourth-order valence-electron chi connectivity index (χ4n) is 2.31. The van der Waals surface area contributed by atoms with E-state index in [9.17, 15) is 0 Å². The lowest BCUT2D eigenvalue weighted by molar-refractivity contribution is 0.151. The number of aromatic nitrogens is 2. The predicted molar refractivity (Wildman–Crippen MR) is 80.2 cm³/mol. The normalized spacial score (nSPS) is 13.1. The Bertz CT molecular complexity index is 554. The third-order valence-corrected chi connectivity index (χ3v) is 3.55. The van der Waals surface area contributed by atoms with E-state index in [1.807, 2.05) is 18.2 Å². The zero-order valence-electron chi connectivity index (χ0n) is 11.2. The number of hydrogen-bond acceptors (Lipinski definition) is 2. The van der Waals surface area contributed by atoms with Crippen LogP contribution in [0.5, 0.6) is 0 Å². The Balaban J connectivity index is 2.44. The third kappa shape index (κ3) is 3.22. The molecule has 1 unspecified atom stereocenters. The lowest BCUT2D eigenvalue weighted by Gasteiger charge is -2.14. The number of rotatable bonds is 6. The maximum Gasteiger partial charge on any atom is 0.111 e. The number of halogens is 2. The number of ether oxygens (including phenoxy) is 1. The summed E-state index contributed by atoms with van der Waals surface area (Å²) < 4.78 is 7.37. The van der Waals surface area contributed by atoms with Crippen LogP contribution >= 0.6 is 23.2 Å². The Kier molecular flexibility index (Phi) is 5.08. The van der Waals surface area contributed by atoms with Crippen molar-refractivity contribution in [3.05, 3.63) is 29.0 Å². The van der Waals surface area contributed by atoms with Crippen LogP contribution in [0, 0.1) is 5.92 Å². The average molecular weight is 301 g/mol. The molecule has 0 saturated carbocycles. The minimum Gasteiger partial charge on any atom is -0.384 e. The SMILES string of the molecule is COCC(C)Cn1c(CCCl)nc2cccc(Cl)c21. The first-order valence-electron chi connectivity index (χ1n) is 6.36. The Morgan fingerprint density at radius 1 is 1.42 bits per heavy atom. The molecule has 1 atom stereocenters. The standard InChI is InChI=1S/C14H18Cl2N2O/c1-10(9-19-2)8-18-13(6-7-15)17-12-5-3-4-11(16)14(12)18/h3-5,10H,6-9H2,1-2H3. The lowest BCUT2D eigenvalue weighted by atomic mass is 10.2. The van der Waals surface area contributed by atoms with Gasteiger partial charge < -0.3 is 9.30 Å². The molecule has 1 aromatic heterocycles. The van der Waals surface area contributed by atoms with Gasteiger partial charge in [-0.2, -0.15) is 0 Å². The smallest absolute Gasteiger partial charge is 0.111 e. The summed E-state index contributed by atoms with van der Waals surface area (Å²) in [6.07, 6.45) is 0.742. The van der Waals surface area contributed by atoms with Gasteiger partial charge in [0.1, 0.15) is 5.82 Å². The van der Waals surface area contributed by atoms with E-state index in [2.05, 4.69) is 16.5 Å². The van der Waals surface area contributed by atoms with Gasteiger partial charge in [0, 0.05) is 26.0 Å². The van der Waals surface area contributed by atoms with Crippen LogP contribution in [0.1, 0.15) is 12.7 Å². The van der Waals surface area contributed by atoms with Gasteiger partial charge in [-0.3, -0.25) is 0 Å². The van der Waals surface area contributed by atoms with Gasteiger partial charge >= 0.3 is 0 Å². The number of benzene rings is 1. The predicted octanol–water partition coefficient (Wildman–Crippen LogP) is 3.75. The van der Waals surface area contributed by atoms with E-state index in [1.54, 1.807) is 7.11 Å². The third-order valence-electron chi connectivity index (χ3n) is 3.06. The molecule has 0 spiro atoms. The van der Waals surface area contributed by atoms with Crippen molar-refractivity contribution in [3.63, 3.8) is 0 Å². The summed E-state index contributed by atoms with van der Waals surface area (Å²) in [5.74, 6) is 1.94. The molecule has 0 N–H and O–H groups in total. The van der Waals surface area contributed by atoms with E-state index >= 15 is 0 Å². The molecular weight excluding hydrogens is 283 g/mol. The van der Waals surface area contributed by atoms with Gasteiger partial charge in [-0.05, 0) is 18.1 Å². The number of nitrogens with zero attached hydrogens (tertiary/aromatic N) is 2. The molecule has 2 aromatic rings. The van der Waals surface area contributed by atoms with Gasteiger partial charge in [0.25, 0.3) is 0 Å². The van der Waals surface area contributed by atoms with E-state index in [0.29, 0.717) is 18.4 Å². The van der Waals surface area contributed by atoms with Crippen LogP contribution in [0.15, 0.2) is 18.2 Å². The average Bonchev–Trinajstić information content (AvgIpc) is 2.70. The van der Waals surface area contributed by atoms with Crippen LogP contribution in [-0.4, -0.2) is 29.1 Å². The molecule has 0 bridgehead atoms. The van der Waals surface area contributed by atoms with Crippen molar-refractivity contribution < 1.29 is 4.74 Å². The maximum absolute atomic E-state index is 6.31. The van der Waals surface area contributed by atoms with Gasteiger partial charge in [0.05, 0.1) is 22.7 Å². The quantitative estimate of drug-likeness (QED) is 0.760. The molecule has 0 fully saturated rings. The number of alkyl halides is 1. The molecule has 0 radical (unpaired) electrons. The topological polar surface area (TPSA) is 27.1 Å². The van der Waals surface area contributed by atoms with Crippen molar-refractivity contribution >= 4 is 34.2 Å². The maximum atomic E-state index is 6.31. The van der Waals surface area contributed by atoms with Crippen molar-refractivity contribution in [2.45, 2.75) is 19.9 Å². The highest BCUT2D eigenvalue weighted by atomic mass is 35.5. The number of aryl methyl sites for hydroxylation is 1. The summed E-state index contributed by atoms with van der Waals surface area (Å²) >= 11 is 12.2. The Morgan fingerprint density at radius 2 is 2.21 bits per heavy atom. The second-order valence-corrected chi connectivity index (χ2v) is 5.53. The summed E-state index contributed by atoms with van der Waals surface area (Å²) in [5, 5.41) is 0.732. The monoisotopic (exact) mass is 300 g/mol. The molecule has 19 heavy (non-hydrogen) atoms. The van der Waals surface area contributed by atoms with E-state index in [1.165, 1.54) is 0 Å². The molecule has 3 nitrogen and oxygen atoms in total. The molecule has 0 amide bonds. The molecule has 104 valence electrons. The van der Waals surface area contributed by atoms with E-state index < -0.39 is 0 Å². The highest BCUT2D eigenvalue weighted by Crippen LogP contribution is 2.26. The van der Waals surface area contributed by atoms with E-state index in [4.69, 9.17) is 27.9 Å². The Morgan fingerprint density at radius 3 is 2.89 bits per heavy atom.